The molecule has 0 heterocycles. The van der Waals surface area contributed by atoms with E-state index >= 15 is 0 Å². The molecular formula is C6H13N2O3P. The predicted molar refractivity (Wildman–Crippen MR) is 48.7 cm³/mol. The van der Waals surface area contributed by atoms with E-state index in [9.17, 15) is 4.57 Å². The maximum atomic E-state index is 10.8. The quantitative estimate of drug-likeness (QED) is 0.389. The number of rotatable bonds is 4. The Balaban J connectivity index is 3.76. The second kappa shape index (κ2) is 5.77. The molecule has 0 aliphatic heterocycles. The van der Waals surface area contributed by atoms with Gasteiger partial charge >= 0.3 is 8.25 Å². The van der Waals surface area contributed by atoms with Crippen molar-refractivity contribution in [1.82, 2.24) is 0 Å². The maximum absolute atomic E-state index is 10.8. The molecule has 70 valence electrons. The summed E-state index contributed by atoms with van der Waals surface area (Å²) in [6, 6.07) is 0. The molecule has 0 atom stereocenters. The molecule has 0 amide bonds. The highest BCUT2D eigenvalue weighted by atomic mass is 31.1. The second-order valence-corrected chi connectivity index (χ2v) is 3.37. The van der Waals surface area contributed by atoms with Crippen LogP contribution in [0, 0.1) is 0 Å². The smallest absolute Gasteiger partial charge is 0.305 e. The molecule has 0 fully saturated rings. The third-order valence-electron chi connectivity index (χ3n) is 0.606. The van der Waals surface area contributed by atoms with E-state index in [1.54, 1.807) is 27.7 Å². The highest BCUT2D eigenvalue weighted by molar-refractivity contribution is 7.33. The minimum atomic E-state index is -2.60. The average Bonchev–Trinajstić information content (AvgIpc) is 1.96. The topological polar surface area (TPSA) is 60.2 Å². The van der Waals surface area contributed by atoms with E-state index in [0.717, 1.165) is 0 Å². The Morgan fingerprint density at radius 2 is 1.33 bits per heavy atom. The Morgan fingerprint density at radius 1 is 1.00 bits per heavy atom. The van der Waals surface area contributed by atoms with Crippen molar-refractivity contribution in [1.29, 1.82) is 0 Å². The molecule has 0 aliphatic rings. The molecule has 0 aromatic carbocycles. The van der Waals surface area contributed by atoms with Gasteiger partial charge in [-0.15, -0.1) is 0 Å². The average molecular weight is 192 g/mol. The normalized spacial score (nSPS) is 9.08. The van der Waals surface area contributed by atoms with Gasteiger partial charge in [-0.2, -0.15) is 0 Å². The monoisotopic (exact) mass is 192 g/mol. The van der Waals surface area contributed by atoms with Crippen LogP contribution in [0.1, 0.15) is 27.7 Å². The predicted octanol–water partition coefficient (Wildman–Crippen LogP) is 2.20. The molecule has 0 N–H and O–H groups in total. The van der Waals surface area contributed by atoms with E-state index in [4.69, 9.17) is 0 Å². The standard InChI is InChI=1S/C6H13N2O3P/c1-5(2)7-10-12(9)11-8-6(3)4/h12H,1-4H3. The Hall–Kier alpha value is -0.830. The maximum Gasteiger partial charge on any atom is 0.458 e. The summed E-state index contributed by atoms with van der Waals surface area (Å²) < 4.78 is 19.7. The molecule has 5 nitrogen and oxygen atoms in total. The van der Waals surface area contributed by atoms with E-state index in [2.05, 4.69) is 19.6 Å². The Bertz CT molecular complexity index is 195. The summed E-state index contributed by atoms with van der Waals surface area (Å²) in [6.45, 7) is 6.90. The first-order valence-electron chi connectivity index (χ1n) is 3.42. The van der Waals surface area contributed by atoms with Crippen molar-refractivity contribution in [2.24, 2.45) is 10.3 Å². The minimum Gasteiger partial charge on any atom is -0.305 e. The van der Waals surface area contributed by atoms with Gasteiger partial charge in [0.2, 0.25) is 0 Å². The van der Waals surface area contributed by atoms with Gasteiger partial charge in [-0.3, -0.25) is 0 Å². The summed E-state index contributed by atoms with van der Waals surface area (Å²) in [5.41, 5.74) is 1.35. The van der Waals surface area contributed by atoms with Crippen molar-refractivity contribution >= 4 is 19.7 Å². The number of nitrogens with zero attached hydrogens (tertiary/aromatic N) is 2. The first kappa shape index (κ1) is 11.2. The van der Waals surface area contributed by atoms with Crippen LogP contribution in [0.2, 0.25) is 0 Å². The molecule has 0 bridgehead atoms. The minimum absolute atomic E-state index is 0.675. The molecule has 12 heavy (non-hydrogen) atoms. The van der Waals surface area contributed by atoms with Crippen molar-refractivity contribution < 1.29 is 13.8 Å². The zero-order chi connectivity index (χ0) is 9.56. The molecule has 0 unspecified atom stereocenters. The lowest BCUT2D eigenvalue weighted by atomic mass is 10.5. The van der Waals surface area contributed by atoms with Crippen LogP contribution in [-0.2, 0) is 13.8 Å². The van der Waals surface area contributed by atoms with Crippen LogP contribution in [-0.4, -0.2) is 11.4 Å². The third-order valence-corrected chi connectivity index (χ3v) is 1.09. The van der Waals surface area contributed by atoms with Crippen molar-refractivity contribution in [3.8, 4) is 0 Å². The van der Waals surface area contributed by atoms with E-state index in [0.29, 0.717) is 11.4 Å². The highest BCUT2D eigenvalue weighted by Gasteiger charge is 1.96. The first-order valence-corrected chi connectivity index (χ1v) is 4.65. The molecule has 0 spiro atoms. The number of hydrogen-bond donors (Lipinski definition) is 0. The summed E-state index contributed by atoms with van der Waals surface area (Å²) in [6.07, 6.45) is 0. The van der Waals surface area contributed by atoms with Gasteiger partial charge in [-0.05, 0) is 27.7 Å². The van der Waals surface area contributed by atoms with Gasteiger partial charge in [0, 0.05) is 0 Å². The van der Waals surface area contributed by atoms with Gasteiger partial charge in [0.15, 0.2) is 0 Å². The second-order valence-electron chi connectivity index (χ2n) is 2.51. The lowest BCUT2D eigenvalue weighted by Crippen LogP contribution is -1.83. The van der Waals surface area contributed by atoms with Crippen molar-refractivity contribution in [3.63, 3.8) is 0 Å². The third kappa shape index (κ3) is 7.28. The molecule has 0 aliphatic carbocycles. The fourth-order valence-corrected chi connectivity index (χ4v) is 0.821. The number of hydrogen-bond acceptors (Lipinski definition) is 5. The van der Waals surface area contributed by atoms with E-state index in [-0.39, 0.29) is 0 Å². The van der Waals surface area contributed by atoms with Crippen molar-refractivity contribution in [3.05, 3.63) is 0 Å². The first-order chi connectivity index (χ1) is 5.52. The van der Waals surface area contributed by atoms with Gasteiger partial charge in [-0.1, -0.05) is 10.3 Å². The molecule has 0 saturated carbocycles. The van der Waals surface area contributed by atoms with Gasteiger partial charge < -0.3 is 9.25 Å². The van der Waals surface area contributed by atoms with Gasteiger partial charge in [0.1, 0.15) is 0 Å². The van der Waals surface area contributed by atoms with Crippen molar-refractivity contribution in [2.45, 2.75) is 27.7 Å². The fraction of sp³-hybridized carbons (Fsp3) is 0.667. The van der Waals surface area contributed by atoms with Crippen LogP contribution in [0.15, 0.2) is 10.3 Å². The zero-order valence-corrected chi connectivity index (χ0v) is 8.62. The van der Waals surface area contributed by atoms with Gasteiger partial charge in [-0.25, -0.2) is 4.57 Å². The van der Waals surface area contributed by atoms with Crippen LogP contribution >= 0.6 is 8.25 Å². The molecule has 0 aromatic heterocycles. The Morgan fingerprint density at radius 3 is 1.58 bits per heavy atom. The molecule has 0 rings (SSSR count). The lowest BCUT2D eigenvalue weighted by molar-refractivity contribution is 0.241. The van der Waals surface area contributed by atoms with Gasteiger partial charge in [0.25, 0.3) is 0 Å². The van der Waals surface area contributed by atoms with Crippen molar-refractivity contribution in [2.75, 3.05) is 0 Å². The Labute approximate surface area is 72.4 Å². The lowest BCUT2D eigenvalue weighted by Gasteiger charge is -1.97. The molecule has 0 radical (unpaired) electrons. The van der Waals surface area contributed by atoms with E-state index in [1.807, 2.05) is 0 Å². The fourth-order valence-electron chi connectivity index (χ4n) is 0.274. The highest BCUT2D eigenvalue weighted by Crippen LogP contribution is 2.24. The molecule has 0 saturated heterocycles. The molecular weight excluding hydrogens is 179 g/mol. The van der Waals surface area contributed by atoms with Crippen LogP contribution < -0.4 is 0 Å². The molecule has 6 heteroatoms. The zero-order valence-electron chi connectivity index (χ0n) is 7.62. The van der Waals surface area contributed by atoms with Gasteiger partial charge in [0.05, 0.1) is 11.4 Å². The summed E-state index contributed by atoms with van der Waals surface area (Å²) in [4.78, 5) is 0. The van der Waals surface area contributed by atoms with E-state index in [1.165, 1.54) is 0 Å². The van der Waals surface area contributed by atoms with Crippen LogP contribution in [0.3, 0.4) is 0 Å². The Kier molecular flexibility index (Phi) is 5.37. The summed E-state index contributed by atoms with van der Waals surface area (Å²) in [7, 11) is -2.60. The summed E-state index contributed by atoms with van der Waals surface area (Å²) in [5.74, 6) is 0. The largest absolute Gasteiger partial charge is 0.458 e. The van der Waals surface area contributed by atoms with Crippen LogP contribution in [0.4, 0.5) is 0 Å². The molecule has 0 aromatic rings. The van der Waals surface area contributed by atoms with Crippen LogP contribution in [0.25, 0.3) is 0 Å². The SMILES string of the molecule is CC(C)=NO[PH](=O)ON=C(C)C. The number of oxime groups is 2. The van der Waals surface area contributed by atoms with Crippen LogP contribution in [0.5, 0.6) is 0 Å². The van der Waals surface area contributed by atoms with E-state index < -0.39 is 8.25 Å². The summed E-state index contributed by atoms with van der Waals surface area (Å²) >= 11 is 0. The summed E-state index contributed by atoms with van der Waals surface area (Å²) in [5, 5.41) is 6.92.